The van der Waals surface area contributed by atoms with Gasteiger partial charge in [0, 0.05) is 19.3 Å². The van der Waals surface area contributed by atoms with Crippen LogP contribution in [0, 0.1) is 0 Å². The summed E-state index contributed by atoms with van der Waals surface area (Å²) in [5, 5.41) is 1.37. The number of thiophene rings is 2. The second kappa shape index (κ2) is 6.55. The van der Waals surface area contributed by atoms with Crippen molar-refractivity contribution < 1.29 is 0 Å². The molecule has 0 saturated heterocycles. The molecule has 0 radical (unpaired) electrons. The zero-order valence-corrected chi connectivity index (χ0v) is 13.5. The second-order valence-electron chi connectivity index (χ2n) is 5.23. The van der Waals surface area contributed by atoms with Crippen LogP contribution >= 0.6 is 22.7 Å². The lowest BCUT2D eigenvalue weighted by molar-refractivity contribution is 0.670. The minimum Gasteiger partial charge on any atom is -0.139 e. The van der Waals surface area contributed by atoms with Gasteiger partial charge in [0.1, 0.15) is 0 Å². The fraction of sp³-hybridized carbons (Fsp3) is 0.333. The Labute approximate surface area is 129 Å². The third kappa shape index (κ3) is 3.13. The average Bonchev–Trinajstić information content (AvgIpc) is 3.09. The molecule has 0 unspecified atom stereocenters. The van der Waals surface area contributed by atoms with Crippen molar-refractivity contribution >= 4 is 32.8 Å². The predicted molar refractivity (Wildman–Crippen MR) is 93.0 cm³/mol. The standard InChI is InChI=1S/C18H20S2/c1-2-3-4-5-9-15-11-12-17(19-15)18-13-14-8-6-7-10-16(14)20-18/h6-8,10-13H,2-5,9H2,1H3. The van der Waals surface area contributed by atoms with E-state index in [0.717, 1.165) is 0 Å². The Hall–Kier alpha value is -1.12. The molecule has 2 heteroatoms. The molecule has 0 fully saturated rings. The molecular formula is C18H20S2. The van der Waals surface area contributed by atoms with Gasteiger partial charge < -0.3 is 0 Å². The van der Waals surface area contributed by atoms with E-state index in [1.165, 1.54) is 56.8 Å². The van der Waals surface area contributed by atoms with Crippen molar-refractivity contribution in [3.63, 3.8) is 0 Å². The van der Waals surface area contributed by atoms with Gasteiger partial charge >= 0.3 is 0 Å². The zero-order chi connectivity index (χ0) is 13.8. The Kier molecular flexibility index (Phi) is 4.54. The second-order valence-corrected chi connectivity index (χ2v) is 7.48. The summed E-state index contributed by atoms with van der Waals surface area (Å²) in [6.07, 6.45) is 6.63. The first-order chi connectivity index (χ1) is 9.86. The van der Waals surface area contributed by atoms with E-state index in [9.17, 15) is 0 Å². The van der Waals surface area contributed by atoms with Crippen molar-refractivity contribution in [3.05, 3.63) is 47.3 Å². The first-order valence-corrected chi connectivity index (χ1v) is 9.08. The highest BCUT2D eigenvalue weighted by molar-refractivity contribution is 7.26. The monoisotopic (exact) mass is 300 g/mol. The maximum Gasteiger partial charge on any atom is 0.0455 e. The van der Waals surface area contributed by atoms with E-state index in [4.69, 9.17) is 0 Å². The van der Waals surface area contributed by atoms with E-state index in [-0.39, 0.29) is 0 Å². The van der Waals surface area contributed by atoms with Gasteiger partial charge in [-0.15, -0.1) is 22.7 Å². The lowest BCUT2D eigenvalue weighted by atomic mass is 10.1. The fourth-order valence-corrected chi connectivity index (χ4v) is 4.67. The summed E-state index contributed by atoms with van der Waals surface area (Å²) < 4.78 is 1.39. The summed E-state index contributed by atoms with van der Waals surface area (Å²) in [4.78, 5) is 4.38. The van der Waals surface area contributed by atoms with Gasteiger partial charge in [0.2, 0.25) is 0 Å². The molecular weight excluding hydrogens is 280 g/mol. The topological polar surface area (TPSA) is 0 Å². The van der Waals surface area contributed by atoms with Crippen molar-refractivity contribution in [1.29, 1.82) is 0 Å². The highest BCUT2D eigenvalue weighted by atomic mass is 32.1. The maximum absolute atomic E-state index is 2.33. The summed E-state index contributed by atoms with van der Waals surface area (Å²) >= 11 is 3.88. The Bertz CT molecular complexity index is 642. The lowest BCUT2D eigenvalue weighted by Crippen LogP contribution is -1.80. The number of unbranched alkanes of at least 4 members (excludes halogenated alkanes) is 3. The number of hydrogen-bond donors (Lipinski definition) is 0. The first kappa shape index (κ1) is 13.8. The summed E-state index contributed by atoms with van der Waals surface area (Å²) in [5.74, 6) is 0. The fourth-order valence-electron chi connectivity index (χ4n) is 2.47. The smallest absolute Gasteiger partial charge is 0.0455 e. The highest BCUT2D eigenvalue weighted by Gasteiger charge is 2.07. The minimum absolute atomic E-state index is 1.25. The van der Waals surface area contributed by atoms with Gasteiger partial charge in [-0.05, 0) is 42.5 Å². The molecule has 0 aliphatic heterocycles. The van der Waals surface area contributed by atoms with E-state index in [1.807, 2.05) is 22.7 Å². The molecule has 0 N–H and O–H groups in total. The molecule has 0 aliphatic carbocycles. The van der Waals surface area contributed by atoms with Gasteiger partial charge in [-0.25, -0.2) is 0 Å². The first-order valence-electron chi connectivity index (χ1n) is 7.44. The molecule has 104 valence electrons. The van der Waals surface area contributed by atoms with Crippen LogP contribution in [0.5, 0.6) is 0 Å². The third-order valence-corrected chi connectivity index (χ3v) is 6.06. The van der Waals surface area contributed by atoms with Gasteiger partial charge in [0.05, 0.1) is 0 Å². The summed E-state index contributed by atoms with van der Waals surface area (Å²) in [7, 11) is 0. The number of hydrogen-bond acceptors (Lipinski definition) is 2. The molecule has 0 aliphatic rings. The highest BCUT2D eigenvalue weighted by Crippen LogP contribution is 2.37. The van der Waals surface area contributed by atoms with Crippen LogP contribution in [0.3, 0.4) is 0 Å². The van der Waals surface area contributed by atoms with Crippen LogP contribution in [0.4, 0.5) is 0 Å². The van der Waals surface area contributed by atoms with Crippen LogP contribution in [0.25, 0.3) is 19.8 Å². The van der Waals surface area contributed by atoms with Crippen LogP contribution in [-0.2, 0) is 6.42 Å². The van der Waals surface area contributed by atoms with Crippen molar-refractivity contribution in [2.24, 2.45) is 0 Å². The van der Waals surface area contributed by atoms with E-state index in [2.05, 4.69) is 49.4 Å². The lowest BCUT2D eigenvalue weighted by Gasteiger charge is -1.96. The predicted octanol–water partition coefficient (Wildman–Crippen LogP) is 6.75. The Morgan fingerprint density at radius 1 is 0.850 bits per heavy atom. The molecule has 0 spiro atoms. The third-order valence-electron chi connectivity index (χ3n) is 3.61. The van der Waals surface area contributed by atoms with Crippen molar-refractivity contribution in [2.75, 3.05) is 0 Å². The quantitative estimate of drug-likeness (QED) is 0.441. The summed E-state index contributed by atoms with van der Waals surface area (Å²) in [6, 6.07) is 15.6. The number of rotatable bonds is 6. The van der Waals surface area contributed by atoms with E-state index in [0.29, 0.717) is 0 Å². The molecule has 0 amide bonds. The van der Waals surface area contributed by atoms with Crippen LogP contribution in [-0.4, -0.2) is 0 Å². The Balaban J connectivity index is 1.72. The van der Waals surface area contributed by atoms with Gasteiger partial charge in [-0.3, -0.25) is 0 Å². The molecule has 2 heterocycles. The van der Waals surface area contributed by atoms with Crippen molar-refractivity contribution in [2.45, 2.75) is 39.0 Å². The van der Waals surface area contributed by atoms with E-state index >= 15 is 0 Å². The number of fused-ring (bicyclic) bond motifs is 1. The molecule has 0 saturated carbocycles. The molecule has 3 aromatic rings. The van der Waals surface area contributed by atoms with Gasteiger partial charge in [0.15, 0.2) is 0 Å². The molecule has 20 heavy (non-hydrogen) atoms. The van der Waals surface area contributed by atoms with E-state index in [1.54, 1.807) is 0 Å². The molecule has 0 bridgehead atoms. The van der Waals surface area contributed by atoms with Crippen LogP contribution in [0.15, 0.2) is 42.5 Å². The van der Waals surface area contributed by atoms with E-state index < -0.39 is 0 Å². The van der Waals surface area contributed by atoms with Gasteiger partial charge in [0.25, 0.3) is 0 Å². The van der Waals surface area contributed by atoms with Crippen molar-refractivity contribution in [1.82, 2.24) is 0 Å². The number of benzene rings is 1. The summed E-state index contributed by atoms with van der Waals surface area (Å²) in [6.45, 7) is 2.27. The van der Waals surface area contributed by atoms with Gasteiger partial charge in [-0.1, -0.05) is 44.4 Å². The van der Waals surface area contributed by atoms with Crippen molar-refractivity contribution in [3.8, 4) is 9.75 Å². The Morgan fingerprint density at radius 2 is 1.75 bits per heavy atom. The minimum atomic E-state index is 1.25. The zero-order valence-electron chi connectivity index (χ0n) is 11.9. The van der Waals surface area contributed by atoms with Crippen LogP contribution < -0.4 is 0 Å². The molecule has 1 aromatic carbocycles. The molecule has 2 aromatic heterocycles. The van der Waals surface area contributed by atoms with Gasteiger partial charge in [-0.2, -0.15) is 0 Å². The number of aryl methyl sites for hydroxylation is 1. The largest absolute Gasteiger partial charge is 0.139 e. The van der Waals surface area contributed by atoms with Crippen LogP contribution in [0.2, 0.25) is 0 Å². The molecule has 0 atom stereocenters. The maximum atomic E-state index is 2.33. The molecule has 0 nitrogen and oxygen atoms in total. The summed E-state index contributed by atoms with van der Waals surface area (Å²) in [5.41, 5.74) is 0. The SMILES string of the molecule is CCCCCCc1ccc(-c2cc3ccccc3s2)s1. The Morgan fingerprint density at radius 3 is 2.60 bits per heavy atom. The molecule has 3 rings (SSSR count). The average molecular weight is 300 g/mol. The van der Waals surface area contributed by atoms with Crippen LogP contribution in [0.1, 0.15) is 37.5 Å². The normalized spacial score (nSPS) is 11.2.